The number of anilines is 1. The summed E-state index contributed by atoms with van der Waals surface area (Å²) in [4.78, 5) is 12.4. The molecule has 1 aromatic carbocycles. The number of carbonyl (C=O) groups excluding carboxylic acids is 1. The minimum Gasteiger partial charge on any atom is -0.491 e. The number of carbonyl (C=O) groups is 1. The zero-order chi connectivity index (χ0) is 15.4. The van der Waals surface area contributed by atoms with Gasteiger partial charge in [-0.05, 0) is 52.3 Å². The van der Waals surface area contributed by atoms with Crippen molar-refractivity contribution in [3.05, 3.63) is 22.7 Å². The Labute approximate surface area is 134 Å². The molecule has 1 aliphatic rings. The van der Waals surface area contributed by atoms with E-state index in [0.717, 1.165) is 35.3 Å². The SMILES string of the molecule is CC(C)Oc1cc(Br)cc(NC(=O)[C@H]2CCN[C@@H](C)C2)c1. The topological polar surface area (TPSA) is 50.4 Å². The number of nitrogens with one attached hydrogen (secondary N) is 2. The Kier molecular flexibility index (Phi) is 5.65. The van der Waals surface area contributed by atoms with Crippen LogP contribution in [0, 0.1) is 5.92 Å². The molecule has 0 aliphatic carbocycles. The maximum atomic E-state index is 12.4. The Morgan fingerprint density at radius 1 is 1.43 bits per heavy atom. The Balaban J connectivity index is 2.04. The van der Waals surface area contributed by atoms with Crippen LogP contribution in [0.1, 0.15) is 33.6 Å². The highest BCUT2D eigenvalue weighted by Crippen LogP contribution is 2.27. The van der Waals surface area contributed by atoms with Gasteiger partial charge in [0.05, 0.1) is 6.10 Å². The van der Waals surface area contributed by atoms with E-state index < -0.39 is 0 Å². The molecular formula is C16H23BrN2O2. The van der Waals surface area contributed by atoms with Crippen LogP contribution in [0.3, 0.4) is 0 Å². The van der Waals surface area contributed by atoms with E-state index in [4.69, 9.17) is 4.74 Å². The first kappa shape index (κ1) is 16.3. The van der Waals surface area contributed by atoms with E-state index in [1.807, 2.05) is 32.0 Å². The van der Waals surface area contributed by atoms with Crippen molar-refractivity contribution in [2.75, 3.05) is 11.9 Å². The van der Waals surface area contributed by atoms with Gasteiger partial charge in [0, 0.05) is 28.2 Å². The molecule has 0 aromatic heterocycles. The Hall–Kier alpha value is -1.07. The third-order valence-corrected chi connectivity index (χ3v) is 3.96. The fourth-order valence-electron chi connectivity index (χ4n) is 2.59. The molecule has 2 rings (SSSR count). The van der Waals surface area contributed by atoms with Crippen LogP contribution in [-0.2, 0) is 4.79 Å². The van der Waals surface area contributed by atoms with Crippen molar-refractivity contribution in [1.82, 2.24) is 5.32 Å². The molecule has 116 valence electrons. The van der Waals surface area contributed by atoms with E-state index in [9.17, 15) is 4.79 Å². The lowest BCUT2D eigenvalue weighted by atomic mass is 9.92. The van der Waals surface area contributed by atoms with E-state index in [2.05, 4.69) is 33.5 Å². The zero-order valence-corrected chi connectivity index (χ0v) is 14.4. The van der Waals surface area contributed by atoms with Gasteiger partial charge in [0.2, 0.25) is 5.91 Å². The minimum absolute atomic E-state index is 0.0784. The van der Waals surface area contributed by atoms with E-state index in [-0.39, 0.29) is 17.9 Å². The number of ether oxygens (including phenoxy) is 1. The third-order valence-electron chi connectivity index (χ3n) is 3.51. The quantitative estimate of drug-likeness (QED) is 0.868. The molecule has 1 aromatic rings. The predicted molar refractivity (Wildman–Crippen MR) is 88.7 cm³/mol. The second-order valence-corrected chi connectivity index (χ2v) is 6.82. The predicted octanol–water partition coefficient (Wildman–Crippen LogP) is 3.56. The summed E-state index contributed by atoms with van der Waals surface area (Å²) >= 11 is 3.46. The number of halogens is 1. The van der Waals surface area contributed by atoms with Crippen molar-refractivity contribution < 1.29 is 9.53 Å². The van der Waals surface area contributed by atoms with Gasteiger partial charge >= 0.3 is 0 Å². The molecule has 1 saturated heterocycles. The normalized spacial score (nSPS) is 22.1. The summed E-state index contributed by atoms with van der Waals surface area (Å²) in [6.45, 7) is 6.98. The van der Waals surface area contributed by atoms with Crippen LogP contribution in [-0.4, -0.2) is 24.6 Å². The lowest BCUT2D eigenvalue weighted by Gasteiger charge is -2.27. The van der Waals surface area contributed by atoms with Crippen molar-refractivity contribution >= 4 is 27.5 Å². The fraction of sp³-hybridized carbons (Fsp3) is 0.562. The summed E-state index contributed by atoms with van der Waals surface area (Å²) in [6, 6.07) is 6.07. The highest BCUT2D eigenvalue weighted by Gasteiger charge is 2.24. The van der Waals surface area contributed by atoms with Crippen LogP contribution in [0.5, 0.6) is 5.75 Å². The highest BCUT2D eigenvalue weighted by molar-refractivity contribution is 9.10. The van der Waals surface area contributed by atoms with Crippen LogP contribution in [0.15, 0.2) is 22.7 Å². The highest BCUT2D eigenvalue weighted by atomic mass is 79.9. The Bertz CT molecular complexity index is 505. The van der Waals surface area contributed by atoms with Crippen molar-refractivity contribution in [1.29, 1.82) is 0 Å². The first-order valence-electron chi connectivity index (χ1n) is 7.45. The van der Waals surface area contributed by atoms with Gasteiger partial charge in [-0.1, -0.05) is 15.9 Å². The van der Waals surface area contributed by atoms with Gasteiger partial charge in [0.25, 0.3) is 0 Å². The molecule has 1 amide bonds. The van der Waals surface area contributed by atoms with Crippen molar-refractivity contribution in [2.45, 2.75) is 45.8 Å². The number of rotatable bonds is 4. The molecule has 1 heterocycles. The number of benzene rings is 1. The molecule has 1 fully saturated rings. The number of amides is 1. The largest absolute Gasteiger partial charge is 0.491 e. The van der Waals surface area contributed by atoms with Gasteiger partial charge in [-0.3, -0.25) is 4.79 Å². The number of hydrogen-bond acceptors (Lipinski definition) is 3. The standard InChI is InChI=1S/C16H23BrN2O2/c1-10(2)21-15-8-13(17)7-14(9-15)19-16(20)12-4-5-18-11(3)6-12/h7-12,18H,4-6H2,1-3H3,(H,19,20)/t11-,12-/m0/s1. The summed E-state index contributed by atoms with van der Waals surface area (Å²) in [7, 11) is 0. The molecule has 4 nitrogen and oxygen atoms in total. The maximum absolute atomic E-state index is 12.4. The molecule has 2 atom stereocenters. The lowest BCUT2D eigenvalue weighted by Crippen LogP contribution is -2.40. The average molecular weight is 355 g/mol. The summed E-state index contributed by atoms with van der Waals surface area (Å²) in [6.07, 6.45) is 1.88. The van der Waals surface area contributed by atoms with Crippen molar-refractivity contribution in [3.63, 3.8) is 0 Å². The second kappa shape index (κ2) is 7.27. The van der Waals surface area contributed by atoms with Crippen LogP contribution >= 0.6 is 15.9 Å². The van der Waals surface area contributed by atoms with Gasteiger partial charge in [0.15, 0.2) is 0 Å². The van der Waals surface area contributed by atoms with Crippen molar-refractivity contribution in [2.24, 2.45) is 5.92 Å². The molecule has 21 heavy (non-hydrogen) atoms. The fourth-order valence-corrected chi connectivity index (χ4v) is 3.06. The molecular weight excluding hydrogens is 332 g/mol. The lowest BCUT2D eigenvalue weighted by molar-refractivity contribution is -0.120. The van der Waals surface area contributed by atoms with Crippen LogP contribution in [0.2, 0.25) is 0 Å². The Morgan fingerprint density at radius 3 is 2.86 bits per heavy atom. The summed E-state index contributed by atoms with van der Waals surface area (Å²) in [5.74, 6) is 0.931. The molecule has 0 bridgehead atoms. The van der Waals surface area contributed by atoms with Crippen LogP contribution in [0.25, 0.3) is 0 Å². The molecule has 0 unspecified atom stereocenters. The molecule has 5 heteroatoms. The van der Waals surface area contributed by atoms with Gasteiger partial charge in [-0.25, -0.2) is 0 Å². The molecule has 2 N–H and O–H groups in total. The second-order valence-electron chi connectivity index (χ2n) is 5.91. The molecule has 0 saturated carbocycles. The van der Waals surface area contributed by atoms with Gasteiger partial charge < -0.3 is 15.4 Å². The van der Waals surface area contributed by atoms with Crippen molar-refractivity contribution in [3.8, 4) is 5.75 Å². The van der Waals surface area contributed by atoms with E-state index in [0.29, 0.717) is 6.04 Å². The van der Waals surface area contributed by atoms with Gasteiger partial charge in [-0.2, -0.15) is 0 Å². The summed E-state index contributed by atoms with van der Waals surface area (Å²) < 4.78 is 6.59. The van der Waals surface area contributed by atoms with E-state index in [1.165, 1.54) is 0 Å². The maximum Gasteiger partial charge on any atom is 0.227 e. The van der Waals surface area contributed by atoms with Gasteiger partial charge in [-0.15, -0.1) is 0 Å². The molecule has 0 radical (unpaired) electrons. The van der Waals surface area contributed by atoms with E-state index >= 15 is 0 Å². The smallest absolute Gasteiger partial charge is 0.227 e. The third kappa shape index (κ3) is 5.00. The van der Waals surface area contributed by atoms with Gasteiger partial charge in [0.1, 0.15) is 5.75 Å². The summed E-state index contributed by atoms with van der Waals surface area (Å²) in [5.41, 5.74) is 0.774. The molecule has 0 spiro atoms. The van der Waals surface area contributed by atoms with Crippen LogP contribution in [0.4, 0.5) is 5.69 Å². The first-order valence-corrected chi connectivity index (χ1v) is 8.25. The summed E-state index contributed by atoms with van der Waals surface area (Å²) in [5, 5.41) is 6.37. The van der Waals surface area contributed by atoms with Crippen LogP contribution < -0.4 is 15.4 Å². The average Bonchev–Trinajstić information content (AvgIpc) is 2.37. The minimum atomic E-state index is 0.0784. The Morgan fingerprint density at radius 2 is 2.19 bits per heavy atom. The number of hydrogen-bond donors (Lipinski definition) is 2. The first-order chi connectivity index (χ1) is 9.94. The van der Waals surface area contributed by atoms with E-state index in [1.54, 1.807) is 0 Å². The monoisotopic (exact) mass is 354 g/mol. The molecule has 1 aliphatic heterocycles. The number of piperidine rings is 1. The zero-order valence-electron chi connectivity index (χ0n) is 12.8.